The summed E-state index contributed by atoms with van der Waals surface area (Å²) in [7, 11) is 4.09. The number of benzene rings is 1. The number of rotatable bonds is 7. The predicted octanol–water partition coefficient (Wildman–Crippen LogP) is 2.90. The Balaban J connectivity index is 2.49. The lowest BCUT2D eigenvalue weighted by molar-refractivity contribution is 0.0698. The van der Waals surface area contributed by atoms with Gasteiger partial charge < -0.3 is 15.3 Å². The van der Waals surface area contributed by atoms with Gasteiger partial charge in [0.1, 0.15) is 0 Å². The third-order valence-electron chi connectivity index (χ3n) is 2.56. The van der Waals surface area contributed by atoms with Crippen LogP contribution in [0.4, 0.5) is 5.69 Å². The van der Waals surface area contributed by atoms with Gasteiger partial charge in [0.2, 0.25) is 0 Å². The zero-order valence-corrected chi connectivity index (χ0v) is 12.3. The second-order valence-corrected chi connectivity index (χ2v) is 5.35. The van der Waals surface area contributed by atoms with Gasteiger partial charge in [0.15, 0.2) is 0 Å². The van der Waals surface area contributed by atoms with Crippen molar-refractivity contribution in [2.75, 3.05) is 32.5 Å². The molecule has 1 aromatic rings. The quantitative estimate of drug-likeness (QED) is 0.760. The number of carbonyl (C=O) groups is 1. The van der Waals surface area contributed by atoms with E-state index in [4.69, 9.17) is 5.11 Å². The molecule has 0 unspecified atom stereocenters. The number of nitrogens with one attached hydrogen (secondary N) is 1. The van der Waals surface area contributed by atoms with Gasteiger partial charge in [-0.2, -0.15) is 0 Å². The molecular weight excluding hydrogens is 296 g/mol. The van der Waals surface area contributed by atoms with Crippen LogP contribution >= 0.6 is 15.9 Å². The van der Waals surface area contributed by atoms with Crippen LogP contribution in [0, 0.1) is 0 Å². The van der Waals surface area contributed by atoms with Gasteiger partial charge in [0.25, 0.3) is 0 Å². The molecule has 0 saturated heterocycles. The first-order chi connectivity index (χ1) is 8.50. The molecule has 1 aromatic carbocycles. The summed E-state index contributed by atoms with van der Waals surface area (Å²) in [5, 5.41) is 12.3. The predicted molar refractivity (Wildman–Crippen MR) is 77.4 cm³/mol. The van der Waals surface area contributed by atoms with Crippen LogP contribution in [-0.4, -0.2) is 43.2 Å². The summed E-state index contributed by atoms with van der Waals surface area (Å²) in [4.78, 5) is 13.2. The van der Waals surface area contributed by atoms with E-state index in [0.717, 1.165) is 30.4 Å². The third kappa shape index (κ3) is 5.06. The Labute approximate surface area is 116 Å². The molecule has 0 radical (unpaired) electrons. The molecule has 4 nitrogen and oxygen atoms in total. The van der Waals surface area contributed by atoms with Crippen molar-refractivity contribution in [1.29, 1.82) is 0 Å². The van der Waals surface area contributed by atoms with E-state index >= 15 is 0 Å². The summed E-state index contributed by atoms with van der Waals surface area (Å²) in [6, 6.07) is 5.25. The van der Waals surface area contributed by atoms with Crippen molar-refractivity contribution in [3.63, 3.8) is 0 Å². The minimum Gasteiger partial charge on any atom is -0.478 e. The highest BCUT2D eigenvalue weighted by Gasteiger charge is 2.09. The molecule has 1 rings (SSSR count). The fourth-order valence-corrected chi connectivity index (χ4v) is 1.98. The van der Waals surface area contributed by atoms with Gasteiger partial charge >= 0.3 is 5.97 Å². The number of hydrogen-bond donors (Lipinski definition) is 2. The summed E-state index contributed by atoms with van der Waals surface area (Å²) in [5.74, 6) is -0.910. The number of carboxylic acid groups (broad SMARTS) is 1. The molecule has 0 aliphatic rings. The average molecular weight is 315 g/mol. The highest BCUT2D eigenvalue weighted by molar-refractivity contribution is 9.10. The lowest BCUT2D eigenvalue weighted by atomic mass is 10.1. The van der Waals surface area contributed by atoms with Gasteiger partial charge in [0, 0.05) is 16.7 Å². The summed E-state index contributed by atoms with van der Waals surface area (Å²) in [6.45, 7) is 1.84. The van der Waals surface area contributed by atoms with Crippen LogP contribution < -0.4 is 5.32 Å². The minimum absolute atomic E-state index is 0.303. The van der Waals surface area contributed by atoms with Crippen LogP contribution in [0.1, 0.15) is 23.2 Å². The monoisotopic (exact) mass is 314 g/mol. The molecule has 0 atom stereocenters. The van der Waals surface area contributed by atoms with Crippen molar-refractivity contribution < 1.29 is 9.90 Å². The van der Waals surface area contributed by atoms with Gasteiger partial charge in [0.05, 0.1) is 5.56 Å². The molecule has 0 heterocycles. The van der Waals surface area contributed by atoms with Crippen LogP contribution in [0.3, 0.4) is 0 Å². The number of carboxylic acids is 1. The Morgan fingerprint density at radius 3 is 2.72 bits per heavy atom. The van der Waals surface area contributed by atoms with E-state index < -0.39 is 5.97 Å². The Hall–Kier alpha value is -1.07. The molecule has 0 aliphatic heterocycles. The number of unbranched alkanes of at least 4 members (excludes halogenated alkanes) is 1. The topological polar surface area (TPSA) is 52.6 Å². The second-order valence-electron chi connectivity index (χ2n) is 4.43. The second kappa shape index (κ2) is 7.38. The number of halogens is 1. The van der Waals surface area contributed by atoms with Gasteiger partial charge in [-0.15, -0.1) is 0 Å². The van der Waals surface area contributed by atoms with E-state index in [-0.39, 0.29) is 0 Å². The molecule has 0 saturated carbocycles. The van der Waals surface area contributed by atoms with E-state index in [1.54, 1.807) is 12.1 Å². The van der Waals surface area contributed by atoms with E-state index in [1.165, 1.54) is 0 Å². The highest BCUT2D eigenvalue weighted by Crippen LogP contribution is 2.21. The number of hydrogen-bond acceptors (Lipinski definition) is 3. The molecule has 0 amide bonds. The largest absolute Gasteiger partial charge is 0.478 e. The van der Waals surface area contributed by atoms with Gasteiger partial charge in [-0.3, -0.25) is 0 Å². The summed E-state index contributed by atoms with van der Waals surface area (Å²) in [6.07, 6.45) is 2.12. The Bertz CT molecular complexity index is 408. The molecule has 0 bridgehead atoms. The molecule has 18 heavy (non-hydrogen) atoms. The van der Waals surface area contributed by atoms with Crippen LogP contribution in [0.25, 0.3) is 0 Å². The molecule has 0 aromatic heterocycles. The summed E-state index contributed by atoms with van der Waals surface area (Å²) >= 11 is 3.28. The standard InChI is InChI=1S/C13H19BrN2O2/c1-16(2)8-4-3-7-15-12-6-5-10(14)9-11(12)13(17)18/h5-6,9,15H,3-4,7-8H2,1-2H3,(H,17,18). The summed E-state index contributed by atoms with van der Waals surface area (Å²) in [5.41, 5.74) is 0.979. The molecule has 0 aliphatic carbocycles. The lowest BCUT2D eigenvalue weighted by Gasteiger charge is -2.11. The van der Waals surface area contributed by atoms with E-state index in [9.17, 15) is 4.79 Å². The maximum Gasteiger partial charge on any atom is 0.337 e. The normalized spacial score (nSPS) is 10.7. The number of aromatic carboxylic acids is 1. The molecule has 0 spiro atoms. The van der Waals surface area contributed by atoms with Crippen LogP contribution in [0.15, 0.2) is 22.7 Å². The minimum atomic E-state index is -0.910. The molecular formula is C13H19BrN2O2. The fourth-order valence-electron chi connectivity index (χ4n) is 1.62. The van der Waals surface area contributed by atoms with Crippen molar-refractivity contribution in [2.45, 2.75) is 12.8 Å². The lowest BCUT2D eigenvalue weighted by Crippen LogP contribution is -2.14. The first-order valence-corrected chi connectivity index (χ1v) is 6.71. The maximum atomic E-state index is 11.1. The van der Waals surface area contributed by atoms with Crippen LogP contribution in [0.5, 0.6) is 0 Å². The zero-order chi connectivity index (χ0) is 13.5. The third-order valence-corrected chi connectivity index (χ3v) is 3.05. The van der Waals surface area contributed by atoms with Crippen molar-refractivity contribution in [3.05, 3.63) is 28.2 Å². The Morgan fingerprint density at radius 1 is 1.39 bits per heavy atom. The SMILES string of the molecule is CN(C)CCCCNc1ccc(Br)cc1C(=O)O. The van der Waals surface area contributed by atoms with Gasteiger partial charge in [-0.1, -0.05) is 15.9 Å². The van der Waals surface area contributed by atoms with E-state index in [0.29, 0.717) is 11.3 Å². The van der Waals surface area contributed by atoms with E-state index in [1.807, 2.05) is 20.2 Å². The van der Waals surface area contributed by atoms with Gasteiger partial charge in [-0.05, 0) is 51.7 Å². The Kier molecular flexibility index (Phi) is 6.15. The van der Waals surface area contributed by atoms with Crippen molar-refractivity contribution >= 4 is 27.6 Å². The first-order valence-electron chi connectivity index (χ1n) is 5.92. The van der Waals surface area contributed by atoms with Crippen molar-refractivity contribution in [3.8, 4) is 0 Å². The first kappa shape index (κ1) is 15.0. The molecule has 5 heteroatoms. The van der Waals surface area contributed by atoms with Crippen molar-refractivity contribution in [2.24, 2.45) is 0 Å². The smallest absolute Gasteiger partial charge is 0.337 e. The zero-order valence-electron chi connectivity index (χ0n) is 10.7. The van der Waals surface area contributed by atoms with Crippen LogP contribution in [-0.2, 0) is 0 Å². The molecule has 0 fully saturated rings. The molecule has 2 N–H and O–H groups in total. The summed E-state index contributed by atoms with van der Waals surface area (Å²) < 4.78 is 0.776. The van der Waals surface area contributed by atoms with Crippen molar-refractivity contribution in [1.82, 2.24) is 4.90 Å². The highest BCUT2D eigenvalue weighted by atomic mass is 79.9. The number of nitrogens with zero attached hydrogens (tertiary/aromatic N) is 1. The van der Waals surface area contributed by atoms with Crippen LogP contribution in [0.2, 0.25) is 0 Å². The van der Waals surface area contributed by atoms with Gasteiger partial charge in [-0.25, -0.2) is 4.79 Å². The fraction of sp³-hybridized carbons (Fsp3) is 0.462. The maximum absolute atomic E-state index is 11.1. The Morgan fingerprint density at radius 2 is 2.11 bits per heavy atom. The average Bonchev–Trinajstić information content (AvgIpc) is 2.29. The number of anilines is 1. The van der Waals surface area contributed by atoms with E-state index in [2.05, 4.69) is 26.1 Å². The molecule has 100 valence electrons.